The minimum Gasteiger partial charge on any atom is -0.467 e. The lowest BCUT2D eigenvalue weighted by molar-refractivity contribution is 0.0948. The summed E-state index contributed by atoms with van der Waals surface area (Å²) in [5.74, 6) is 0.111. The lowest BCUT2D eigenvalue weighted by Crippen LogP contribution is -2.22. The van der Waals surface area contributed by atoms with Crippen LogP contribution in [0.5, 0.6) is 0 Å². The molecule has 0 unspecified atom stereocenters. The van der Waals surface area contributed by atoms with E-state index in [0.29, 0.717) is 34.8 Å². The Morgan fingerprint density at radius 2 is 1.74 bits per heavy atom. The molecule has 1 aromatic heterocycles. The molecule has 1 aliphatic heterocycles. The molecule has 6 heteroatoms. The highest BCUT2D eigenvalue weighted by molar-refractivity contribution is 7.99. The Bertz CT molecular complexity index is 1300. The molecule has 0 atom stereocenters. The predicted molar refractivity (Wildman–Crippen MR) is 119 cm³/mol. The summed E-state index contributed by atoms with van der Waals surface area (Å²) in [6, 6.07) is 23.4. The molecule has 3 aromatic carbocycles. The van der Waals surface area contributed by atoms with E-state index in [9.17, 15) is 9.18 Å². The van der Waals surface area contributed by atoms with Gasteiger partial charge in [-0.15, -0.1) is 0 Å². The van der Waals surface area contributed by atoms with E-state index in [1.807, 2.05) is 30.3 Å². The fourth-order valence-corrected chi connectivity index (χ4v) is 4.43. The average molecular weight is 428 g/mol. The van der Waals surface area contributed by atoms with Gasteiger partial charge >= 0.3 is 0 Å². The highest BCUT2D eigenvalue weighted by atomic mass is 32.2. The van der Waals surface area contributed by atoms with E-state index < -0.39 is 0 Å². The van der Waals surface area contributed by atoms with Gasteiger partial charge in [-0.05, 0) is 48.5 Å². The van der Waals surface area contributed by atoms with Crippen molar-refractivity contribution >= 4 is 29.1 Å². The van der Waals surface area contributed by atoms with Crippen LogP contribution in [0, 0.1) is 5.82 Å². The van der Waals surface area contributed by atoms with Crippen LogP contribution in [0.4, 0.5) is 10.1 Å². The average Bonchev–Trinajstić information content (AvgIpc) is 3.26. The SMILES string of the molecule is O=C(NCc1ccco1)c1ccc2c(c1)N=C(c1ccccc1F)c1ccccc1S2. The number of halogens is 1. The Labute approximate surface area is 182 Å². The van der Waals surface area contributed by atoms with E-state index in [2.05, 4.69) is 5.32 Å². The molecule has 1 amide bonds. The molecule has 152 valence electrons. The van der Waals surface area contributed by atoms with Gasteiger partial charge in [0.1, 0.15) is 11.6 Å². The maximum atomic E-state index is 14.7. The van der Waals surface area contributed by atoms with Crippen molar-refractivity contribution < 1.29 is 13.6 Å². The van der Waals surface area contributed by atoms with Gasteiger partial charge in [0.2, 0.25) is 0 Å². The number of hydrogen-bond donors (Lipinski definition) is 1. The van der Waals surface area contributed by atoms with Gasteiger partial charge in [-0.3, -0.25) is 4.79 Å². The van der Waals surface area contributed by atoms with Crippen molar-refractivity contribution in [3.63, 3.8) is 0 Å². The van der Waals surface area contributed by atoms with Crippen LogP contribution < -0.4 is 5.32 Å². The summed E-state index contributed by atoms with van der Waals surface area (Å²) in [6.07, 6.45) is 1.57. The predicted octanol–water partition coefficient (Wildman–Crippen LogP) is 5.98. The third-order valence-electron chi connectivity index (χ3n) is 4.95. The quantitative estimate of drug-likeness (QED) is 0.383. The molecule has 0 fully saturated rings. The van der Waals surface area contributed by atoms with Gasteiger partial charge in [0.15, 0.2) is 0 Å². The van der Waals surface area contributed by atoms with Gasteiger partial charge in [0.25, 0.3) is 5.91 Å². The first kappa shape index (κ1) is 19.3. The summed E-state index contributed by atoms with van der Waals surface area (Å²) in [5, 5.41) is 2.84. The number of nitrogens with one attached hydrogen (secondary N) is 1. The van der Waals surface area contributed by atoms with E-state index in [-0.39, 0.29) is 11.7 Å². The number of carbonyl (C=O) groups excluding carboxylic acids is 1. The second-order valence-corrected chi connectivity index (χ2v) is 8.07. The summed E-state index contributed by atoms with van der Waals surface area (Å²) >= 11 is 1.56. The lowest BCUT2D eigenvalue weighted by Gasteiger charge is -2.09. The number of amides is 1. The molecule has 5 rings (SSSR count). The first-order chi connectivity index (χ1) is 15.2. The molecule has 1 N–H and O–H groups in total. The van der Waals surface area contributed by atoms with Crippen LogP contribution in [0.3, 0.4) is 0 Å². The van der Waals surface area contributed by atoms with Crippen LogP contribution in [0.15, 0.2) is 104 Å². The summed E-state index contributed by atoms with van der Waals surface area (Å²) in [5.41, 5.74) is 2.94. The van der Waals surface area contributed by atoms with Crippen LogP contribution in [0.1, 0.15) is 27.2 Å². The number of furan rings is 1. The monoisotopic (exact) mass is 428 g/mol. The van der Waals surface area contributed by atoms with Crippen LogP contribution in [0.2, 0.25) is 0 Å². The largest absolute Gasteiger partial charge is 0.467 e. The van der Waals surface area contributed by atoms with Crippen LogP contribution in [0.25, 0.3) is 0 Å². The number of aliphatic imine (C=N–C) groups is 1. The van der Waals surface area contributed by atoms with E-state index >= 15 is 0 Å². The topological polar surface area (TPSA) is 54.6 Å². The highest BCUT2D eigenvalue weighted by Gasteiger charge is 2.21. The minimum atomic E-state index is -0.336. The van der Waals surface area contributed by atoms with E-state index in [1.165, 1.54) is 6.07 Å². The Hall–Kier alpha value is -3.64. The fourth-order valence-electron chi connectivity index (χ4n) is 3.42. The standard InChI is InChI=1S/C25H17FN2O2S/c26-20-9-3-1-7-18(20)24-19-8-2-4-10-22(19)31-23-12-11-16(14-21(23)28-24)25(29)27-15-17-6-5-13-30-17/h1-14H,15H2,(H,27,29). The number of benzene rings is 3. The van der Waals surface area contributed by atoms with Crippen LogP contribution in [-0.4, -0.2) is 11.6 Å². The minimum absolute atomic E-state index is 0.228. The van der Waals surface area contributed by atoms with Crippen molar-refractivity contribution in [1.29, 1.82) is 0 Å². The molecule has 0 aliphatic carbocycles. The molecule has 4 aromatic rings. The number of fused-ring (bicyclic) bond motifs is 2. The van der Waals surface area contributed by atoms with Gasteiger partial charge < -0.3 is 9.73 Å². The maximum absolute atomic E-state index is 14.7. The zero-order valence-electron chi connectivity index (χ0n) is 16.3. The third-order valence-corrected chi connectivity index (χ3v) is 6.09. The van der Waals surface area contributed by atoms with Gasteiger partial charge in [-0.2, -0.15) is 0 Å². The van der Waals surface area contributed by atoms with Crippen LogP contribution in [-0.2, 0) is 6.54 Å². The molecule has 0 saturated carbocycles. The zero-order valence-corrected chi connectivity index (χ0v) is 17.2. The van der Waals surface area contributed by atoms with Crippen molar-refractivity contribution in [1.82, 2.24) is 5.32 Å². The van der Waals surface area contributed by atoms with Crippen molar-refractivity contribution in [2.45, 2.75) is 16.3 Å². The molecule has 31 heavy (non-hydrogen) atoms. The van der Waals surface area contributed by atoms with Crippen molar-refractivity contribution in [3.8, 4) is 0 Å². The molecule has 1 aliphatic rings. The number of rotatable bonds is 4. The molecule has 0 radical (unpaired) electrons. The molecular weight excluding hydrogens is 411 g/mol. The summed E-state index contributed by atoms with van der Waals surface area (Å²) in [4.78, 5) is 19.4. The zero-order chi connectivity index (χ0) is 21.2. The second kappa shape index (κ2) is 8.24. The van der Waals surface area contributed by atoms with Gasteiger partial charge in [0, 0.05) is 26.5 Å². The number of nitrogens with zero attached hydrogens (tertiary/aromatic N) is 1. The summed E-state index contributed by atoms with van der Waals surface area (Å²) in [7, 11) is 0. The van der Waals surface area contributed by atoms with Crippen molar-refractivity contribution in [2.75, 3.05) is 0 Å². The maximum Gasteiger partial charge on any atom is 0.251 e. The van der Waals surface area contributed by atoms with Gasteiger partial charge in [-0.1, -0.05) is 42.1 Å². The molecule has 0 saturated heterocycles. The first-order valence-corrected chi connectivity index (χ1v) is 10.6. The fraction of sp³-hybridized carbons (Fsp3) is 0.0400. The second-order valence-electron chi connectivity index (χ2n) is 6.98. The highest BCUT2D eigenvalue weighted by Crippen LogP contribution is 2.41. The normalized spacial score (nSPS) is 12.4. The Balaban J connectivity index is 1.56. The summed E-state index contributed by atoms with van der Waals surface area (Å²) < 4.78 is 19.9. The molecule has 2 heterocycles. The Morgan fingerprint density at radius 1 is 0.935 bits per heavy atom. The molecule has 0 spiro atoms. The van der Waals surface area contributed by atoms with Gasteiger partial charge in [0.05, 0.1) is 24.2 Å². The summed E-state index contributed by atoms with van der Waals surface area (Å²) in [6.45, 7) is 0.298. The number of carbonyl (C=O) groups is 1. The first-order valence-electron chi connectivity index (χ1n) is 9.74. The van der Waals surface area contributed by atoms with E-state index in [4.69, 9.17) is 9.41 Å². The lowest BCUT2D eigenvalue weighted by atomic mass is 10.0. The number of hydrogen-bond acceptors (Lipinski definition) is 4. The third kappa shape index (κ3) is 3.90. The Morgan fingerprint density at radius 3 is 2.55 bits per heavy atom. The van der Waals surface area contributed by atoms with E-state index in [1.54, 1.807) is 60.5 Å². The van der Waals surface area contributed by atoms with Crippen molar-refractivity contribution in [2.24, 2.45) is 4.99 Å². The van der Waals surface area contributed by atoms with E-state index in [0.717, 1.165) is 15.4 Å². The van der Waals surface area contributed by atoms with Crippen molar-refractivity contribution in [3.05, 3.63) is 113 Å². The Kier molecular flexibility index (Phi) is 5.14. The molecular formula is C25H17FN2O2S. The van der Waals surface area contributed by atoms with Gasteiger partial charge in [-0.25, -0.2) is 9.38 Å². The smallest absolute Gasteiger partial charge is 0.251 e. The molecule has 4 nitrogen and oxygen atoms in total. The van der Waals surface area contributed by atoms with Crippen LogP contribution >= 0.6 is 11.8 Å². The molecule has 0 bridgehead atoms.